The Morgan fingerprint density at radius 3 is 2.50 bits per heavy atom. The molecule has 0 saturated carbocycles. The number of aromatic nitrogens is 4. The van der Waals surface area contributed by atoms with E-state index in [1.54, 1.807) is 6.92 Å². The molecule has 0 aliphatic carbocycles. The molecule has 12 nitrogen and oxygen atoms in total. The maximum absolute atomic E-state index is 13.4. The number of hydrogen-bond acceptors (Lipinski definition) is 7. The fourth-order valence-electron chi connectivity index (χ4n) is 8.44. The number of methoxy groups -OCH3 is 1. The van der Waals surface area contributed by atoms with Crippen molar-refractivity contribution in [3.05, 3.63) is 65.9 Å². The Morgan fingerprint density at radius 2 is 1.73 bits per heavy atom. The highest BCUT2D eigenvalue weighted by Gasteiger charge is 2.39. The van der Waals surface area contributed by atoms with E-state index in [0.717, 1.165) is 99.3 Å². The molecular formula is C40H45N7O5. The maximum atomic E-state index is 13.4. The zero-order chi connectivity index (χ0) is 36.3. The average molecular weight is 704 g/mol. The van der Waals surface area contributed by atoms with Crippen molar-refractivity contribution in [2.75, 3.05) is 7.11 Å². The Balaban J connectivity index is 1.06. The quantitative estimate of drug-likeness (QED) is 0.161. The lowest BCUT2D eigenvalue weighted by molar-refractivity contribution is -0.136. The van der Waals surface area contributed by atoms with Crippen LogP contribution in [0.1, 0.15) is 95.5 Å². The topological polar surface area (TPSA) is 146 Å². The number of carbonyl (C=O) groups excluding carboxylic acids is 3. The van der Waals surface area contributed by atoms with Gasteiger partial charge in [-0.25, -0.2) is 14.8 Å². The molecule has 2 aromatic heterocycles. The number of aromatic amines is 2. The van der Waals surface area contributed by atoms with Gasteiger partial charge >= 0.3 is 6.09 Å². The zero-order valence-electron chi connectivity index (χ0n) is 30.3. The van der Waals surface area contributed by atoms with Gasteiger partial charge in [-0.3, -0.25) is 9.59 Å². The molecule has 3 N–H and O–H groups in total. The number of fused-ring (bicyclic) bond motifs is 6. The fourth-order valence-corrected chi connectivity index (χ4v) is 8.44. The van der Waals surface area contributed by atoms with Crippen molar-refractivity contribution in [3.8, 4) is 28.1 Å². The molecule has 0 spiro atoms. The highest BCUT2D eigenvalue weighted by atomic mass is 16.5. The molecule has 8 rings (SSSR count). The van der Waals surface area contributed by atoms with Gasteiger partial charge < -0.3 is 34.6 Å². The fraction of sp³-hybridized carbons (Fsp3) is 0.425. The van der Waals surface area contributed by atoms with Crippen LogP contribution in [0, 0.1) is 0 Å². The first-order valence-corrected chi connectivity index (χ1v) is 18.4. The largest absolute Gasteiger partial charge is 0.488 e. The minimum atomic E-state index is -0.720. The second-order valence-electron chi connectivity index (χ2n) is 14.5. The molecular weight excluding hydrogens is 658 g/mol. The van der Waals surface area contributed by atoms with Gasteiger partial charge in [-0.2, -0.15) is 0 Å². The summed E-state index contributed by atoms with van der Waals surface area (Å²) in [6.07, 6.45) is 6.06. The number of rotatable bonds is 7. The van der Waals surface area contributed by atoms with Crippen LogP contribution in [0.5, 0.6) is 5.75 Å². The molecule has 0 radical (unpaired) electrons. The van der Waals surface area contributed by atoms with E-state index in [1.807, 2.05) is 29.8 Å². The van der Waals surface area contributed by atoms with Crippen LogP contribution in [0.2, 0.25) is 0 Å². The van der Waals surface area contributed by atoms with Crippen LogP contribution >= 0.6 is 0 Å². The van der Waals surface area contributed by atoms with Gasteiger partial charge in [-0.1, -0.05) is 25.1 Å². The van der Waals surface area contributed by atoms with E-state index in [9.17, 15) is 14.4 Å². The highest BCUT2D eigenvalue weighted by Crippen LogP contribution is 2.44. The Kier molecular flexibility index (Phi) is 8.63. The lowest BCUT2D eigenvalue weighted by Gasteiger charge is -2.30. The first-order valence-electron chi connectivity index (χ1n) is 18.4. The Bertz CT molecular complexity index is 2210. The molecule has 2 fully saturated rings. The SMILES string of the molecule is CCCC(=O)N1[C@@H](C)CC[C@H]1c1nc2c(ccc3cc4c(cc32)OCc2cc(-c3cnc([C@@H]5CC[C@H](C)N5C(=O)C(C)NC(=O)OC)[nH]3)ccc2-4)[nH]1. The first kappa shape index (κ1) is 33.7. The van der Waals surface area contributed by atoms with Crippen LogP contribution in [-0.4, -0.2) is 72.9 Å². The van der Waals surface area contributed by atoms with E-state index in [0.29, 0.717) is 13.0 Å². The molecule has 3 amide bonds. The third kappa shape index (κ3) is 5.74. The second kappa shape index (κ2) is 13.3. The summed E-state index contributed by atoms with van der Waals surface area (Å²) in [6.45, 7) is 8.29. The van der Waals surface area contributed by atoms with Crippen molar-refractivity contribution >= 4 is 39.7 Å². The zero-order valence-corrected chi connectivity index (χ0v) is 30.3. The van der Waals surface area contributed by atoms with Gasteiger partial charge in [-0.15, -0.1) is 0 Å². The van der Waals surface area contributed by atoms with Crippen molar-refractivity contribution in [1.29, 1.82) is 0 Å². The van der Waals surface area contributed by atoms with Crippen molar-refractivity contribution in [2.24, 2.45) is 0 Å². The molecule has 3 aromatic carbocycles. The molecule has 270 valence electrons. The summed E-state index contributed by atoms with van der Waals surface area (Å²) >= 11 is 0. The van der Waals surface area contributed by atoms with E-state index < -0.39 is 12.1 Å². The normalized spacial score (nSPS) is 21.6. The molecule has 3 aliphatic heterocycles. The van der Waals surface area contributed by atoms with Gasteiger partial charge in [0.05, 0.1) is 42.1 Å². The van der Waals surface area contributed by atoms with Gasteiger partial charge in [-0.05, 0) is 99.2 Å². The number of nitrogens with zero attached hydrogens (tertiary/aromatic N) is 4. The van der Waals surface area contributed by atoms with Crippen molar-refractivity contribution < 1.29 is 23.9 Å². The predicted octanol–water partition coefficient (Wildman–Crippen LogP) is 7.31. The molecule has 1 unspecified atom stereocenters. The summed E-state index contributed by atoms with van der Waals surface area (Å²) in [5.74, 6) is 2.42. The summed E-state index contributed by atoms with van der Waals surface area (Å²) in [5, 5.41) is 4.68. The van der Waals surface area contributed by atoms with Crippen molar-refractivity contribution in [3.63, 3.8) is 0 Å². The van der Waals surface area contributed by atoms with E-state index in [2.05, 4.69) is 69.4 Å². The first-order chi connectivity index (χ1) is 25.1. The van der Waals surface area contributed by atoms with Crippen molar-refractivity contribution in [1.82, 2.24) is 35.1 Å². The number of benzene rings is 3. The number of amides is 3. The number of nitrogens with one attached hydrogen (secondary N) is 3. The van der Waals surface area contributed by atoms with Gasteiger partial charge in [0, 0.05) is 29.5 Å². The summed E-state index contributed by atoms with van der Waals surface area (Å²) in [7, 11) is 1.28. The van der Waals surface area contributed by atoms with E-state index in [1.165, 1.54) is 7.11 Å². The van der Waals surface area contributed by atoms with Gasteiger partial charge in [0.2, 0.25) is 11.8 Å². The smallest absolute Gasteiger partial charge is 0.407 e. The second-order valence-corrected chi connectivity index (χ2v) is 14.5. The monoisotopic (exact) mass is 703 g/mol. The Hall–Kier alpha value is -5.39. The number of H-pyrrole nitrogens is 2. The molecule has 5 heterocycles. The summed E-state index contributed by atoms with van der Waals surface area (Å²) < 4.78 is 11.1. The minimum absolute atomic E-state index is 0.0128. The minimum Gasteiger partial charge on any atom is -0.488 e. The van der Waals surface area contributed by atoms with Gasteiger partial charge in [0.1, 0.15) is 30.0 Å². The third-order valence-corrected chi connectivity index (χ3v) is 11.1. The number of likely N-dealkylation sites (tertiary alicyclic amines) is 2. The molecule has 52 heavy (non-hydrogen) atoms. The summed E-state index contributed by atoms with van der Waals surface area (Å²) in [4.78, 5) is 58.9. The standard InChI is InChI=1S/C40H45N7O5/c1-6-7-35(48)46-21(2)8-15-33(46)38-43-30-13-11-24-17-29-27-12-10-25(16-26(27)20-52-34(29)18-28(24)36(30)45-38)31-19-41-37(44-31)32-14-9-22(3)47(32)39(49)23(4)42-40(50)51-5/h10-13,16-19,21-23,32-33H,6-9,14-15,20H2,1-5H3,(H,41,44)(H,42,50)(H,43,45)/t21-,22-,23?,32-,33-/m0/s1. The van der Waals surface area contributed by atoms with Crippen molar-refractivity contribution in [2.45, 2.75) is 103 Å². The van der Waals surface area contributed by atoms with E-state index in [-0.39, 0.29) is 36.0 Å². The van der Waals surface area contributed by atoms with Crippen LogP contribution in [-0.2, 0) is 20.9 Å². The van der Waals surface area contributed by atoms with Gasteiger partial charge in [0.15, 0.2) is 0 Å². The number of ether oxygens (including phenoxy) is 2. The molecule has 0 bridgehead atoms. The number of carbonyl (C=O) groups is 3. The van der Waals surface area contributed by atoms with E-state index in [4.69, 9.17) is 14.7 Å². The average Bonchev–Trinajstić information content (AvgIpc) is 3.96. The molecule has 5 aromatic rings. The molecule has 12 heteroatoms. The molecule has 3 aliphatic rings. The van der Waals surface area contributed by atoms with Crippen LogP contribution in [0.15, 0.2) is 48.7 Å². The summed E-state index contributed by atoms with van der Waals surface area (Å²) in [6, 6.07) is 14.1. The van der Waals surface area contributed by atoms with E-state index >= 15 is 0 Å². The van der Waals surface area contributed by atoms with Crippen LogP contribution in [0.4, 0.5) is 4.79 Å². The Labute approximate surface area is 302 Å². The van der Waals surface area contributed by atoms with Crippen LogP contribution in [0.25, 0.3) is 44.2 Å². The lowest BCUT2D eigenvalue weighted by atomic mass is 9.92. The number of imidazole rings is 2. The molecule has 5 atom stereocenters. The van der Waals surface area contributed by atoms with Crippen LogP contribution in [0.3, 0.4) is 0 Å². The maximum Gasteiger partial charge on any atom is 0.407 e. The summed E-state index contributed by atoms with van der Waals surface area (Å²) in [5.41, 5.74) is 6.91. The third-order valence-electron chi connectivity index (χ3n) is 11.1. The van der Waals surface area contributed by atoms with Crippen LogP contribution < -0.4 is 10.1 Å². The van der Waals surface area contributed by atoms with Gasteiger partial charge in [0.25, 0.3) is 0 Å². The molecule has 2 saturated heterocycles. The number of hydrogen-bond donors (Lipinski definition) is 3. The lowest BCUT2D eigenvalue weighted by Crippen LogP contribution is -2.48. The Morgan fingerprint density at radius 1 is 0.962 bits per heavy atom. The highest BCUT2D eigenvalue weighted by molar-refractivity contribution is 6.07. The number of alkyl carbamates (subject to hydrolysis) is 1. The predicted molar refractivity (Wildman–Crippen MR) is 197 cm³/mol.